The van der Waals surface area contributed by atoms with Crippen LogP contribution in [0.3, 0.4) is 0 Å². The first-order valence-corrected chi connectivity index (χ1v) is 8.21. The first kappa shape index (κ1) is 15.9. The molecule has 0 fully saturated rings. The number of amides is 1. The maximum atomic E-state index is 12.5. The zero-order valence-corrected chi connectivity index (χ0v) is 14.7. The molecule has 0 atom stereocenters. The summed E-state index contributed by atoms with van der Waals surface area (Å²) in [6.07, 6.45) is -0.367. The largest absolute Gasteiger partial charge is 0.484 e. The second kappa shape index (κ2) is 6.24. The predicted molar refractivity (Wildman–Crippen MR) is 92.8 cm³/mol. The molecule has 120 valence electrons. The molecule has 1 heterocycles. The highest BCUT2D eigenvalue weighted by atomic mass is 79.9. The number of benzene rings is 2. The van der Waals surface area contributed by atoms with Gasteiger partial charge in [0.15, 0.2) is 0 Å². The van der Waals surface area contributed by atoms with Crippen LogP contribution in [-0.2, 0) is 11.3 Å². The van der Waals surface area contributed by atoms with Crippen LogP contribution in [-0.4, -0.2) is 18.2 Å². The van der Waals surface area contributed by atoms with Crippen LogP contribution in [0.1, 0.15) is 19.4 Å². The fourth-order valence-electron chi connectivity index (χ4n) is 2.55. The van der Waals surface area contributed by atoms with Crippen LogP contribution in [0.25, 0.3) is 0 Å². The minimum Gasteiger partial charge on any atom is -0.484 e. The Morgan fingerprint density at radius 3 is 2.74 bits per heavy atom. The normalized spacial score (nSPS) is 15.5. The molecular formula is C18H18BrNO3. The Morgan fingerprint density at radius 1 is 1.26 bits per heavy atom. The molecule has 2 aromatic carbocycles. The quantitative estimate of drug-likeness (QED) is 0.759. The lowest BCUT2D eigenvalue weighted by atomic mass is 10.1. The molecule has 0 aromatic heterocycles. The van der Waals surface area contributed by atoms with Gasteiger partial charge in [-0.05, 0) is 37.6 Å². The predicted octanol–water partition coefficient (Wildman–Crippen LogP) is 4.76. The fourth-order valence-corrected chi connectivity index (χ4v) is 2.89. The Bertz CT molecular complexity index is 715. The molecular weight excluding hydrogens is 358 g/mol. The summed E-state index contributed by atoms with van der Waals surface area (Å²) in [5.41, 5.74) is 1.22. The molecule has 2 aromatic rings. The minimum absolute atomic E-state index is 0.253. The van der Waals surface area contributed by atoms with E-state index in [1.165, 1.54) is 0 Å². The van der Waals surface area contributed by atoms with Crippen molar-refractivity contribution in [3.8, 4) is 5.75 Å². The second-order valence-corrected chi connectivity index (χ2v) is 7.02. The van der Waals surface area contributed by atoms with Crippen LogP contribution < -0.4 is 9.64 Å². The number of rotatable bonds is 2. The van der Waals surface area contributed by atoms with Gasteiger partial charge in [0, 0.05) is 4.47 Å². The highest BCUT2D eigenvalue weighted by Gasteiger charge is 2.35. The van der Waals surface area contributed by atoms with Crippen LogP contribution in [0, 0.1) is 0 Å². The molecule has 0 unspecified atom stereocenters. The summed E-state index contributed by atoms with van der Waals surface area (Å²) in [4.78, 5) is 14.2. The van der Waals surface area contributed by atoms with Crippen molar-refractivity contribution in [2.45, 2.75) is 26.1 Å². The van der Waals surface area contributed by atoms with Crippen LogP contribution in [0.2, 0.25) is 0 Å². The highest BCUT2D eigenvalue weighted by Crippen LogP contribution is 2.39. The molecule has 0 saturated carbocycles. The van der Waals surface area contributed by atoms with Gasteiger partial charge in [-0.1, -0.05) is 46.3 Å². The van der Waals surface area contributed by atoms with E-state index in [0.29, 0.717) is 12.3 Å². The van der Waals surface area contributed by atoms with Crippen molar-refractivity contribution in [2.24, 2.45) is 0 Å². The lowest BCUT2D eigenvalue weighted by molar-refractivity contribution is 0.0944. The third kappa shape index (κ3) is 3.67. The highest BCUT2D eigenvalue weighted by molar-refractivity contribution is 9.10. The molecule has 1 aliphatic heterocycles. The van der Waals surface area contributed by atoms with E-state index in [1.54, 1.807) is 4.90 Å². The third-order valence-corrected chi connectivity index (χ3v) is 4.06. The van der Waals surface area contributed by atoms with Crippen LogP contribution in [0.4, 0.5) is 10.5 Å². The summed E-state index contributed by atoms with van der Waals surface area (Å²) in [6.45, 7) is 4.60. The maximum absolute atomic E-state index is 12.5. The molecule has 0 saturated heterocycles. The molecule has 23 heavy (non-hydrogen) atoms. The molecule has 1 amide bonds. The summed E-state index contributed by atoms with van der Waals surface area (Å²) >= 11 is 3.43. The fraction of sp³-hybridized carbons (Fsp3) is 0.278. The summed E-state index contributed by atoms with van der Waals surface area (Å²) in [5, 5.41) is 0. The van der Waals surface area contributed by atoms with Crippen molar-refractivity contribution in [3.05, 3.63) is 58.6 Å². The van der Waals surface area contributed by atoms with Crippen molar-refractivity contribution < 1.29 is 14.3 Å². The van der Waals surface area contributed by atoms with Gasteiger partial charge in [-0.25, -0.2) is 4.79 Å². The number of carbonyl (C=O) groups excluding carboxylic acids is 1. The first-order valence-electron chi connectivity index (χ1n) is 7.41. The molecule has 1 aliphatic rings. The zero-order chi connectivity index (χ0) is 16.4. The van der Waals surface area contributed by atoms with E-state index in [2.05, 4.69) is 15.9 Å². The number of anilines is 1. The van der Waals surface area contributed by atoms with Crippen molar-refractivity contribution in [1.29, 1.82) is 0 Å². The van der Waals surface area contributed by atoms with Crippen molar-refractivity contribution >= 4 is 27.7 Å². The number of carbonyl (C=O) groups is 1. The van der Waals surface area contributed by atoms with Gasteiger partial charge in [0.1, 0.15) is 18.0 Å². The van der Waals surface area contributed by atoms with Gasteiger partial charge in [0.05, 0.1) is 12.2 Å². The minimum atomic E-state index is -0.473. The molecule has 0 bridgehead atoms. The summed E-state index contributed by atoms with van der Waals surface area (Å²) in [5.74, 6) is 0.673. The molecule has 0 aliphatic carbocycles. The Labute approximate surface area is 144 Å². The zero-order valence-electron chi connectivity index (χ0n) is 13.1. The molecule has 3 rings (SSSR count). The van der Waals surface area contributed by atoms with Crippen LogP contribution in [0.5, 0.6) is 5.75 Å². The Morgan fingerprint density at radius 2 is 2.00 bits per heavy atom. The Kier molecular flexibility index (Phi) is 4.31. The van der Waals surface area contributed by atoms with E-state index in [0.717, 1.165) is 15.7 Å². The van der Waals surface area contributed by atoms with Gasteiger partial charge >= 0.3 is 6.09 Å². The summed E-state index contributed by atoms with van der Waals surface area (Å²) < 4.78 is 12.3. The van der Waals surface area contributed by atoms with Gasteiger partial charge in [-0.3, -0.25) is 4.90 Å². The van der Waals surface area contributed by atoms with Gasteiger partial charge in [-0.2, -0.15) is 0 Å². The van der Waals surface area contributed by atoms with Crippen LogP contribution in [0.15, 0.2) is 53.0 Å². The number of fused-ring (bicyclic) bond motifs is 1. The topological polar surface area (TPSA) is 38.8 Å². The number of hydrogen-bond donors (Lipinski definition) is 0. The number of hydrogen-bond acceptors (Lipinski definition) is 3. The second-order valence-electron chi connectivity index (χ2n) is 6.10. The summed E-state index contributed by atoms with van der Waals surface area (Å²) in [6, 6.07) is 15.3. The monoisotopic (exact) mass is 375 g/mol. The number of ether oxygens (including phenoxy) is 2. The lowest BCUT2D eigenvalue weighted by Crippen LogP contribution is -2.49. The van der Waals surface area contributed by atoms with Crippen molar-refractivity contribution in [3.63, 3.8) is 0 Å². The van der Waals surface area contributed by atoms with Crippen molar-refractivity contribution in [2.75, 3.05) is 11.4 Å². The third-order valence-electron chi connectivity index (χ3n) is 3.56. The number of halogens is 1. The summed E-state index contributed by atoms with van der Waals surface area (Å²) in [7, 11) is 0. The molecule has 0 spiro atoms. The smallest absolute Gasteiger partial charge is 0.414 e. The van der Waals surface area contributed by atoms with Gasteiger partial charge in [0.2, 0.25) is 0 Å². The van der Waals surface area contributed by atoms with Crippen molar-refractivity contribution in [1.82, 2.24) is 0 Å². The van der Waals surface area contributed by atoms with E-state index in [-0.39, 0.29) is 12.7 Å². The standard InChI is InChI=1S/C18H18BrNO3/c1-18(2)12-20(15-9-8-14(19)10-16(15)23-18)17(21)22-11-13-6-4-3-5-7-13/h3-10H,11-12H2,1-2H3. The average Bonchev–Trinajstić information content (AvgIpc) is 2.51. The molecule has 0 radical (unpaired) electrons. The Hall–Kier alpha value is -2.01. The van der Waals surface area contributed by atoms with Gasteiger partial charge in [-0.15, -0.1) is 0 Å². The average molecular weight is 376 g/mol. The van der Waals surface area contributed by atoms with E-state index < -0.39 is 5.60 Å². The van der Waals surface area contributed by atoms with Gasteiger partial charge in [0.25, 0.3) is 0 Å². The molecule has 0 N–H and O–H groups in total. The Balaban J connectivity index is 1.80. The van der Waals surface area contributed by atoms with E-state index >= 15 is 0 Å². The lowest BCUT2D eigenvalue weighted by Gasteiger charge is -2.39. The van der Waals surface area contributed by atoms with Crippen LogP contribution >= 0.6 is 15.9 Å². The number of nitrogens with zero attached hydrogens (tertiary/aromatic N) is 1. The first-order chi connectivity index (χ1) is 10.9. The molecule has 5 heteroatoms. The molecule has 4 nitrogen and oxygen atoms in total. The SMILES string of the molecule is CC1(C)CN(C(=O)OCc2ccccc2)c2ccc(Br)cc2O1. The van der Waals surface area contributed by atoms with E-state index in [4.69, 9.17) is 9.47 Å². The van der Waals surface area contributed by atoms with E-state index in [9.17, 15) is 4.79 Å². The van der Waals surface area contributed by atoms with Gasteiger partial charge < -0.3 is 9.47 Å². The maximum Gasteiger partial charge on any atom is 0.414 e. The van der Waals surface area contributed by atoms with E-state index in [1.807, 2.05) is 62.4 Å².